The lowest BCUT2D eigenvalue weighted by Gasteiger charge is -2.19. The minimum Gasteiger partial charge on any atom is -0.461 e. The first-order chi connectivity index (χ1) is 8.71. The molecule has 0 fully saturated rings. The number of ether oxygens (including phenoxy) is 1. The molecule has 0 bridgehead atoms. The third-order valence-electron chi connectivity index (χ3n) is 2.60. The van der Waals surface area contributed by atoms with Crippen LogP contribution in [0.1, 0.15) is 47.5 Å². The van der Waals surface area contributed by atoms with Crippen LogP contribution in [-0.2, 0) is 23.1 Å². The zero-order chi connectivity index (χ0) is 15.1. The van der Waals surface area contributed by atoms with E-state index in [4.69, 9.17) is 13.8 Å². The molecule has 0 heterocycles. The van der Waals surface area contributed by atoms with Crippen molar-refractivity contribution in [2.75, 3.05) is 6.61 Å². The van der Waals surface area contributed by atoms with Crippen molar-refractivity contribution in [2.24, 2.45) is 5.92 Å². The van der Waals surface area contributed by atoms with Gasteiger partial charge in [-0.1, -0.05) is 26.7 Å². The van der Waals surface area contributed by atoms with Gasteiger partial charge in [-0.25, -0.2) is 9.36 Å². The molecule has 0 aromatic carbocycles. The molecule has 19 heavy (non-hydrogen) atoms. The highest BCUT2D eigenvalue weighted by Crippen LogP contribution is 2.45. The second-order valence-electron chi connectivity index (χ2n) is 4.68. The molecule has 1 N–H and O–H groups in total. The van der Waals surface area contributed by atoms with Gasteiger partial charge in [0.1, 0.15) is 0 Å². The molecule has 0 aliphatic heterocycles. The summed E-state index contributed by atoms with van der Waals surface area (Å²) in [6.45, 7) is 8.81. The molecule has 2 atom stereocenters. The molecule has 6 nitrogen and oxygen atoms in total. The molecule has 0 spiro atoms. The lowest BCUT2D eigenvalue weighted by molar-refractivity contribution is -0.155. The summed E-state index contributed by atoms with van der Waals surface area (Å²) in [6, 6.07) is 0. The van der Waals surface area contributed by atoms with Gasteiger partial charge in [0.15, 0.2) is 6.10 Å². The molecule has 0 aliphatic carbocycles. The SMILES string of the molecule is CCC(CC)COP(=O)(O)OC(C)C(=O)OC(C)C. The van der Waals surface area contributed by atoms with Crippen LogP contribution in [0.2, 0.25) is 0 Å². The Balaban J connectivity index is 4.28. The summed E-state index contributed by atoms with van der Waals surface area (Å²) in [7, 11) is -4.23. The van der Waals surface area contributed by atoms with Gasteiger partial charge in [0.05, 0.1) is 12.7 Å². The number of carbonyl (C=O) groups is 1. The van der Waals surface area contributed by atoms with E-state index in [2.05, 4.69) is 0 Å². The summed E-state index contributed by atoms with van der Waals surface area (Å²) in [5.41, 5.74) is 0. The van der Waals surface area contributed by atoms with E-state index in [1.165, 1.54) is 6.92 Å². The predicted molar refractivity (Wildman–Crippen MR) is 71.6 cm³/mol. The number of phosphoric acid groups is 1. The summed E-state index contributed by atoms with van der Waals surface area (Å²) >= 11 is 0. The first-order valence-electron chi connectivity index (χ1n) is 6.58. The Morgan fingerprint density at radius 3 is 2.16 bits per heavy atom. The molecule has 0 rings (SSSR count). The van der Waals surface area contributed by atoms with E-state index < -0.39 is 19.9 Å². The highest BCUT2D eigenvalue weighted by molar-refractivity contribution is 7.47. The van der Waals surface area contributed by atoms with Crippen LogP contribution < -0.4 is 0 Å². The van der Waals surface area contributed by atoms with Crippen molar-refractivity contribution >= 4 is 13.8 Å². The Bertz CT molecular complexity index is 313. The van der Waals surface area contributed by atoms with Crippen LogP contribution >= 0.6 is 7.82 Å². The normalized spacial score (nSPS) is 16.4. The van der Waals surface area contributed by atoms with E-state index in [0.717, 1.165) is 12.8 Å². The molecule has 0 aromatic rings. The third-order valence-corrected chi connectivity index (χ3v) is 3.66. The smallest absolute Gasteiger partial charge is 0.461 e. The first kappa shape index (κ1) is 18.6. The fraction of sp³-hybridized carbons (Fsp3) is 0.917. The Kier molecular flexibility index (Phi) is 8.50. The number of hydrogen-bond donors (Lipinski definition) is 1. The topological polar surface area (TPSA) is 82.1 Å². The van der Waals surface area contributed by atoms with Gasteiger partial charge in [-0.2, -0.15) is 0 Å². The number of esters is 1. The van der Waals surface area contributed by atoms with Gasteiger partial charge in [-0.15, -0.1) is 0 Å². The largest absolute Gasteiger partial charge is 0.473 e. The lowest BCUT2D eigenvalue weighted by Crippen LogP contribution is -2.25. The van der Waals surface area contributed by atoms with Crippen molar-refractivity contribution < 1.29 is 28.0 Å². The van der Waals surface area contributed by atoms with Crippen LogP contribution in [0.3, 0.4) is 0 Å². The highest BCUT2D eigenvalue weighted by atomic mass is 31.2. The summed E-state index contributed by atoms with van der Waals surface area (Å²) in [5, 5.41) is 0. The molecule has 0 saturated heterocycles. The van der Waals surface area contributed by atoms with Crippen molar-refractivity contribution in [3.8, 4) is 0 Å². The molecule has 0 aliphatic rings. The van der Waals surface area contributed by atoms with Crippen LogP contribution in [0.4, 0.5) is 0 Å². The predicted octanol–water partition coefficient (Wildman–Crippen LogP) is 2.90. The fourth-order valence-electron chi connectivity index (χ4n) is 1.33. The molecule has 114 valence electrons. The minimum absolute atomic E-state index is 0.132. The van der Waals surface area contributed by atoms with Gasteiger partial charge in [0, 0.05) is 0 Å². The van der Waals surface area contributed by atoms with Gasteiger partial charge < -0.3 is 9.63 Å². The average Bonchev–Trinajstić information content (AvgIpc) is 2.28. The summed E-state index contributed by atoms with van der Waals surface area (Å²) < 4.78 is 26.2. The highest BCUT2D eigenvalue weighted by Gasteiger charge is 2.30. The van der Waals surface area contributed by atoms with Crippen LogP contribution in [0, 0.1) is 5.92 Å². The molecule has 0 saturated carbocycles. The summed E-state index contributed by atoms with van der Waals surface area (Å²) in [6.07, 6.45) is 0.255. The maximum atomic E-state index is 11.7. The number of phosphoric ester groups is 1. The molecular weight excluding hydrogens is 271 g/mol. The van der Waals surface area contributed by atoms with Crippen molar-refractivity contribution in [1.29, 1.82) is 0 Å². The molecule has 2 unspecified atom stereocenters. The summed E-state index contributed by atoms with van der Waals surface area (Å²) in [5.74, 6) is -0.489. The second-order valence-corrected chi connectivity index (χ2v) is 6.09. The van der Waals surface area contributed by atoms with E-state index in [1.807, 2.05) is 13.8 Å². The van der Waals surface area contributed by atoms with Gasteiger partial charge in [-0.05, 0) is 26.7 Å². The van der Waals surface area contributed by atoms with Crippen molar-refractivity contribution in [3.05, 3.63) is 0 Å². The van der Waals surface area contributed by atoms with Crippen molar-refractivity contribution in [1.82, 2.24) is 0 Å². The Labute approximate surface area is 115 Å². The lowest BCUT2D eigenvalue weighted by atomic mass is 10.1. The van der Waals surface area contributed by atoms with E-state index in [-0.39, 0.29) is 18.6 Å². The minimum atomic E-state index is -4.23. The maximum absolute atomic E-state index is 11.7. The Morgan fingerprint density at radius 1 is 1.21 bits per heavy atom. The summed E-state index contributed by atoms with van der Waals surface area (Å²) in [4.78, 5) is 21.0. The third kappa shape index (κ3) is 8.37. The monoisotopic (exact) mass is 296 g/mol. The van der Waals surface area contributed by atoms with Gasteiger partial charge in [-0.3, -0.25) is 9.05 Å². The Hall–Kier alpha value is -0.420. The zero-order valence-electron chi connectivity index (χ0n) is 12.3. The van der Waals surface area contributed by atoms with Gasteiger partial charge >= 0.3 is 13.8 Å². The van der Waals surface area contributed by atoms with Crippen molar-refractivity contribution in [3.63, 3.8) is 0 Å². The molecule has 0 radical (unpaired) electrons. The second kappa shape index (κ2) is 8.69. The quantitative estimate of drug-likeness (QED) is 0.520. The van der Waals surface area contributed by atoms with Crippen LogP contribution in [0.25, 0.3) is 0 Å². The number of rotatable bonds is 9. The van der Waals surface area contributed by atoms with Crippen molar-refractivity contribution in [2.45, 2.75) is 59.7 Å². The van der Waals surface area contributed by atoms with Crippen LogP contribution in [-0.4, -0.2) is 29.7 Å². The van der Waals surface area contributed by atoms with E-state index in [1.54, 1.807) is 13.8 Å². The fourth-order valence-corrected chi connectivity index (χ4v) is 2.27. The number of hydrogen-bond acceptors (Lipinski definition) is 5. The van der Waals surface area contributed by atoms with E-state index in [9.17, 15) is 14.3 Å². The zero-order valence-corrected chi connectivity index (χ0v) is 13.2. The Morgan fingerprint density at radius 2 is 1.74 bits per heavy atom. The maximum Gasteiger partial charge on any atom is 0.473 e. The molecule has 0 aromatic heterocycles. The average molecular weight is 296 g/mol. The van der Waals surface area contributed by atoms with Crippen LogP contribution in [0.5, 0.6) is 0 Å². The number of carbonyl (C=O) groups excluding carboxylic acids is 1. The van der Waals surface area contributed by atoms with Gasteiger partial charge in [0.2, 0.25) is 0 Å². The standard InChI is InChI=1S/C12H25O6P/c1-6-11(7-2)8-16-19(14,15)18-10(5)12(13)17-9(3)4/h9-11H,6-8H2,1-5H3,(H,14,15). The van der Waals surface area contributed by atoms with E-state index >= 15 is 0 Å². The molecular formula is C12H25O6P. The van der Waals surface area contributed by atoms with E-state index in [0.29, 0.717) is 0 Å². The first-order valence-corrected chi connectivity index (χ1v) is 8.07. The molecule has 0 amide bonds. The van der Waals surface area contributed by atoms with Crippen LogP contribution in [0.15, 0.2) is 0 Å². The van der Waals surface area contributed by atoms with Gasteiger partial charge in [0.25, 0.3) is 0 Å². The molecule has 7 heteroatoms.